The Labute approximate surface area is 152 Å². The van der Waals surface area contributed by atoms with E-state index in [1.165, 1.54) is 6.92 Å². The number of fused-ring (bicyclic) bond motifs is 2. The first-order valence-corrected chi connectivity index (χ1v) is 9.51. The van der Waals surface area contributed by atoms with Gasteiger partial charge < -0.3 is 20.1 Å². The Balaban J connectivity index is 1.81. The monoisotopic (exact) mass is 362 g/mol. The molecule has 3 N–H and O–H groups in total. The largest absolute Gasteiger partial charge is 0.387 e. The molecule has 0 aromatic rings. The van der Waals surface area contributed by atoms with Gasteiger partial charge in [0.05, 0.1) is 17.4 Å². The van der Waals surface area contributed by atoms with Gasteiger partial charge >= 0.3 is 0 Å². The van der Waals surface area contributed by atoms with E-state index in [0.717, 1.165) is 0 Å². The Kier molecular flexibility index (Phi) is 2.83. The van der Waals surface area contributed by atoms with Crippen molar-refractivity contribution in [1.82, 2.24) is 0 Å². The fourth-order valence-corrected chi connectivity index (χ4v) is 7.51. The van der Waals surface area contributed by atoms with Crippen molar-refractivity contribution < 1.29 is 29.6 Å². The molecule has 4 aliphatic carbocycles. The molecule has 4 bridgehead atoms. The van der Waals surface area contributed by atoms with E-state index in [9.17, 15) is 24.9 Å². The number of carbonyl (C=O) groups is 2. The molecule has 0 radical (unpaired) electrons. The summed E-state index contributed by atoms with van der Waals surface area (Å²) in [6.45, 7) is 5.39. The Hall–Kier alpha value is -1.08. The maximum absolute atomic E-state index is 13.4. The molecule has 2 spiro atoms. The summed E-state index contributed by atoms with van der Waals surface area (Å²) < 4.78 is 5.77. The first-order valence-electron chi connectivity index (χ1n) is 9.51. The molecule has 6 rings (SSSR count). The molecule has 0 aromatic carbocycles. The maximum atomic E-state index is 13.4. The molecule has 26 heavy (non-hydrogen) atoms. The van der Waals surface area contributed by atoms with Gasteiger partial charge in [-0.3, -0.25) is 9.59 Å². The molecule has 3 saturated carbocycles. The van der Waals surface area contributed by atoms with Crippen molar-refractivity contribution in [1.29, 1.82) is 0 Å². The lowest BCUT2D eigenvalue weighted by molar-refractivity contribution is -0.422. The SMILES string of the molecule is CC1(C)C=CC(=O)[C@]23CO[C@](O)([C@@H](O)[C@H]12)[C@@]12C[C@@H](CC[C@@H]31)[C@@](C)(O)C2=O. The average Bonchev–Trinajstić information content (AvgIpc) is 2.72. The summed E-state index contributed by atoms with van der Waals surface area (Å²) in [7, 11) is 0. The van der Waals surface area contributed by atoms with Crippen LogP contribution in [-0.4, -0.2) is 51.0 Å². The fourth-order valence-electron chi connectivity index (χ4n) is 7.51. The zero-order chi connectivity index (χ0) is 18.9. The lowest BCUT2D eigenvalue weighted by Gasteiger charge is -2.71. The third kappa shape index (κ3) is 1.39. The van der Waals surface area contributed by atoms with Gasteiger partial charge in [0.1, 0.15) is 11.7 Å². The fraction of sp³-hybridized carbons (Fsp3) is 0.800. The van der Waals surface area contributed by atoms with E-state index < -0.39 is 51.4 Å². The topological polar surface area (TPSA) is 104 Å². The van der Waals surface area contributed by atoms with Crippen LogP contribution in [0.5, 0.6) is 0 Å². The standard InChI is InChI=1S/C20H26O6/c1-16(2)7-6-12(21)18-9-26-20(25,14(22)13(16)18)19-8-10(4-5-11(18)19)17(3,24)15(19)23/h6-7,10-11,13-14,22,24-25H,4-5,8-9H2,1-3H3/t10-,11+,13-,14+,17-,18-,19+,20-/m1/s1. The second-order valence-corrected chi connectivity index (χ2v) is 9.95. The molecule has 2 saturated heterocycles. The molecule has 142 valence electrons. The normalized spacial score (nSPS) is 59.3. The van der Waals surface area contributed by atoms with Crippen molar-refractivity contribution >= 4 is 11.6 Å². The second-order valence-electron chi connectivity index (χ2n) is 9.95. The number of ketones is 2. The molecule has 6 nitrogen and oxygen atoms in total. The van der Waals surface area contributed by atoms with Gasteiger partial charge in [-0.2, -0.15) is 0 Å². The number of rotatable bonds is 0. The zero-order valence-electron chi connectivity index (χ0n) is 15.4. The highest BCUT2D eigenvalue weighted by Crippen LogP contribution is 2.75. The van der Waals surface area contributed by atoms with Crippen molar-refractivity contribution in [2.24, 2.45) is 34.0 Å². The predicted octanol–water partition coefficient (Wildman–Crippen LogP) is 0.584. The summed E-state index contributed by atoms with van der Waals surface area (Å²) >= 11 is 0. The molecule has 6 aliphatic rings. The Morgan fingerprint density at radius 2 is 1.85 bits per heavy atom. The molecule has 0 amide bonds. The first kappa shape index (κ1) is 17.0. The molecule has 5 fully saturated rings. The van der Waals surface area contributed by atoms with Gasteiger partial charge in [0.25, 0.3) is 0 Å². The highest BCUT2D eigenvalue weighted by Gasteiger charge is 2.86. The molecule has 2 heterocycles. The van der Waals surface area contributed by atoms with Crippen LogP contribution in [0, 0.1) is 34.0 Å². The van der Waals surface area contributed by atoms with Crippen LogP contribution in [0.25, 0.3) is 0 Å². The summed E-state index contributed by atoms with van der Waals surface area (Å²) in [5, 5.41) is 33.7. The van der Waals surface area contributed by atoms with Crippen LogP contribution in [0.15, 0.2) is 12.2 Å². The van der Waals surface area contributed by atoms with Gasteiger partial charge in [-0.25, -0.2) is 0 Å². The van der Waals surface area contributed by atoms with Crippen molar-refractivity contribution in [3.05, 3.63) is 12.2 Å². The third-order valence-corrected chi connectivity index (χ3v) is 8.62. The van der Waals surface area contributed by atoms with Crippen LogP contribution in [0.2, 0.25) is 0 Å². The second kappa shape index (κ2) is 4.32. The van der Waals surface area contributed by atoms with Crippen molar-refractivity contribution in [3.63, 3.8) is 0 Å². The quantitative estimate of drug-likeness (QED) is 0.582. The van der Waals surface area contributed by atoms with Crippen molar-refractivity contribution in [3.8, 4) is 0 Å². The molecule has 2 aliphatic heterocycles. The minimum Gasteiger partial charge on any atom is -0.387 e. The summed E-state index contributed by atoms with van der Waals surface area (Å²) in [5.41, 5.74) is -4.55. The van der Waals surface area contributed by atoms with Crippen LogP contribution in [0.1, 0.15) is 40.0 Å². The number of hydrogen-bond donors (Lipinski definition) is 3. The van der Waals surface area contributed by atoms with Gasteiger partial charge in [0.2, 0.25) is 5.79 Å². The number of hydrogen-bond acceptors (Lipinski definition) is 6. The van der Waals surface area contributed by atoms with Crippen LogP contribution in [-0.2, 0) is 14.3 Å². The Morgan fingerprint density at radius 1 is 1.15 bits per heavy atom. The first-order chi connectivity index (χ1) is 12.0. The van der Waals surface area contributed by atoms with Crippen LogP contribution >= 0.6 is 0 Å². The van der Waals surface area contributed by atoms with Crippen LogP contribution in [0.4, 0.5) is 0 Å². The lowest BCUT2D eigenvalue weighted by Crippen LogP contribution is -2.82. The summed E-state index contributed by atoms with van der Waals surface area (Å²) in [6.07, 6.45) is 3.43. The number of aliphatic hydroxyl groups is 3. The average molecular weight is 362 g/mol. The maximum Gasteiger partial charge on any atom is 0.205 e. The molecule has 0 aromatic heterocycles. The minimum atomic E-state index is -2.07. The van der Waals surface area contributed by atoms with E-state index >= 15 is 0 Å². The van der Waals surface area contributed by atoms with Crippen molar-refractivity contribution in [2.75, 3.05) is 6.61 Å². The predicted molar refractivity (Wildman–Crippen MR) is 89.7 cm³/mol. The highest BCUT2D eigenvalue weighted by atomic mass is 16.6. The van der Waals surface area contributed by atoms with E-state index in [0.29, 0.717) is 12.8 Å². The smallest absolute Gasteiger partial charge is 0.205 e. The van der Waals surface area contributed by atoms with E-state index in [-0.39, 0.29) is 24.7 Å². The summed E-state index contributed by atoms with van der Waals surface area (Å²) in [6, 6.07) is 0. The number of carbonyl (C=O) groups excluding carboxylic acids is 2. The van der Waals surface area contributed by atoms with Gasteiger partial charge in [-0.1, -0.05) is 19.9 Å². The van der Waals surface area contributed by atoms with Gasteiger partial charge in [-0.15, -0.1) is 0 Å². The van der Waals surface area contributed by atoms with Crippen molar-refractivity contribution in [2.45, 2.75) is 57.5 Å². The van der Waals surface area contributed by atoms with E-state index in [1.54, 1.807) is 12.2 Å². The number of aliphatic hydroxyl groups excluding tert-OH is 1. The number of Topliss-reactive ketones (excluding diaryl/α,β-unsaturated/α-hetero) is 1. The van der Waals surface area contributed by atoms with Gasteiger partial charge in [-0.05, 0) is 49.5 Å². The molecule has 8 atom stereocenters. The minimum absolute atomic E-state index is 0.00430. The lowest BCUT2D eigenvalue weighted by atomic mass is 9.37. The summed E-state index contributed by atoms with van der Waals surface area (Å²) in [5.74, 6) is -3.93. The van der Waals surface area contributed by atoms with E-state index in [4.69, 9.17) is 4.74 Å². The van der Waals surface area contributed by atoms with Crippen LogP contribution < -0.4 is 0 Å². The Bertz CT molecular complexity index is 768. The third-order valence-electron chi connectivity index (χ3n) is 8.62. The van der Waals surface area contributed by atoms with Gasteiger partial charge in [0, 0.05) is 5.92 Å². The number of allylic oxidation sites excluding steroid dienone is 2. The van der Waals surface area contributed by atoms with E-state index in [1.807, 2.05) is 13.8 Å². The summed E-state index contributed by atoms with van der Waals surface area (Å²) in [4.78, 5) is 26.6. The molecular formula is C20H26O6. The highest BCUT2D eigenvalue weighted by molar-refractivity contribution is 6.02. The van der Waals surface area contributed by atoms with Crippen LogP contribution in [0.3, 0.4) is 0 Å². The van der Waals surface area contributed by atoms with E-state index in [2.05, 4.69) is 0 Å². The zero-order valence-corrected chi connectivity index (χ0v) is 15.4. The molecular weight excluding hydrogens is 336 g/mol. The Morgan fingerprint density at radius 3 is 2.54 bits per heavy atom. The molecule has 6 heteroatoms. The van der Waals surface area contributed by atoms with Gasteiger partial charge in [0.15, 0.2) is 11.6 Å². The molecule has 0 unspecified atom stereocenters. The number of ether oxygens (including phenoxy) is 1.